The van der Waals surface area contributed by atoms with Crippen LogP contribution in [0.15, 0.2) is 18.2 Å². The van der Waals surface area contributed by atoms with Gasteiger partial charge in [-0.2, -0.15) is 0 Å². The minimum absolute atomic E-state index is 0.242. The molecule has 108 valence electrons. The fourth-order valence-electron chi connectivity index (χ4n) is 2.18. The van der Waals surface area contributed by atoms with E-state index in [9.17, 15) is 4.39 Å². The van der Waals surface area contributed by atoms with Crippen molar-refractivity contribution in [2.24, 2.45) is 5.92 Å². The lowest BCUT2D eigenvalue weighted by molar-refractivity contribution is 0.304. The average molecular weight is 287 g/mol. The summed E-state index contributed by atoms with van der Waals surface area (Å²) >= 11 is 6.03. The van der Waals surface area contributed by atoms with Crippen LogP contribution in [0.3, 0.4) is 0 Å². The Morgan fingerprint density at radius 2 is 2.00 bits per heavy atom. The number of hydrogen-bond donors (Lipinski definition) is 1. The summed E-state index contributed by atoms with van der Waals surface area (Å²) in [7, 11) is 4.09. The largest absolute Gasteiger partial charge is 0.308 e. The molecule has 0 aliphatic heterocycles. The Morgan fingerprint density at radius 1 is 1.32 bits per heavy atom. The molecule has 1 rings (SSSR count). The Hall–Kier alpha value is -0.640. The van der Waals surface area contributed by atoms with Crippen LogP contribution in [0.5, 0.6) is 0 Å². The normalized spacial score (nSPS) is 13.3. The van der Waals surface area contributed by atoms with Crippen molar-refractivity contribution in [2.75, 3.05) is 20.6 Å². The molecule has 19 heavy (non-hydrogen) atoms. The second-order valence-electron chi connectivity index (χ2n) is 5.67. The minimum atomic E-state index is -0.242. The van der Waals surface area contributed by atoms with Crippen LogP contribution in [-0.4, -0.2) is 31.6 Å². The van der Waals surface area contributed by atoms with Crippen LogP contribution in [-0.2, 0) is 6.54 Å². The number of rotatable bonds is 7. The zero-order valence-electron chi connectivity index (χ0n) is 12.2. The Kier molecular flexibility index (Phi) is 6.76. The lowest BCUT2D eigenvalue weighted by Gasteiger charge is -2.24. The fraction of sp³-hybridized carbons (Fsp3) is 0.600. The van der Waals surface area contributed by atoms with Gasteiger partial charge in [-0.05, 0) is 38.6 Å². The molecule has 0 amide bonds. The SMILES string of the molecule is CC(C)CC(CN(C)C)NCc1c(F)cccc1Cl. The first-order valence-corrected chi connectivity index (χ1v) is 7.09. The van der Waals surface area contributed by atoms with Gasteiger partial charge in [0.05, 0.1) is 0 Å². The number of nitrogens with zero attached hydrogens (tertiary/aromatic N) is 1. The van der Waals surface area contributed by atoms with Crippen molar-refractivity contribution in [3.05, 3.63) is 34.6 Å². The molecule has 0 aliphatic rings. The zero-order chi connectivity index (χ0) is 14.4. The molecule has 0 saturated heterocycles. The molecule has 0 aromatic heterocycles. The Labute approximate surface area is 120 Å². The van der Waals surface area contributed by atoms with Gasteiger partial charge in [0.25, 0.3) is 0 Å². The summed E-state index contributed by atoms with van der Waals surface area (Å²) in [6.45, 7) is 5.79. The van der Waals surface area contributed by atoms with E-state index in [4.69, 9.17) is 11.6 Å². The van der Waals surface area contributed by atoms with Crippen LogP contribution in [0, 0.1) is 11.7 Å². The molecule has 0 bridgehead atoms. The third kappa shape index (κ3) is 5.89. The van der Waals surface area contributed by atoms with E-state index < -0.39 is 0 Å². The molecule has 0 aliphatic carbocycles. The predicted octanol–water partition coefficient (Wildman–Crippen LogP) is 3.55. The van der Waals surface area contributed by atoms with Gasteiger partial charge in [-0.15, -0.1) is 0 Å². The first-order chi connectivity index (χ1) is 8.90. The fourth-order valence-corrected chi connectivity index (χ4v) is 2.41. The standard InChI is InChI=1S/C15H24ClFN2/c1-11(2)8-12(10-19(3)4)18-9-13-14(16)6-5-7-15(13)17/h5-7,11-12,18H,8-10H2,1-4H3. The zero-order valence-corrected chi connectivity index (χ0v) is 13.0. The van der Waals surface area contributed by atoms with Gasteiger partial charge in [0.1, 0.15) is 5.82 Å². The van der Waals surface area contributed by atoms with Crippen molar-refractivity contribution in [3.8, 4) is 0 Å². The quantitative estimate of drug-likeness (QED) is 0.825. The minimum Gasteiger partial charge on any atom is -0.308 e. The summed E-state index contributed by atoms with van der Waals surface area (Å²) in [5.41, 5.74) is 0.552. The van der Waals surface area contributed by atoms with Crippen LogP contribution in [0.1, 0.15) is 25.8 Å². The van der Waals surface area contributed by atoms with Crippen LogP contribution in [0.4, 0.5) is 4.39 Å². The summed E-state index contributed by atoms with van der Waals surface area (Å²) in [4.78, 5) is 2.14. The summed E-state index contributed by atoms with van der Waals surface area (Å²) in [5.74, 6) is 0.363. The molecule has 0 radical (unpaired) electrons. The van der Waals surface area contributed by atoms with Gasteiger partial charge >= 0.3 is 0 Å². The molecule has 0 spiro atoms. The summed E-state index contributed by atoms with van der Waals surface area (Å²) in [6, 6.07) is 5.15. The molecule has 2 nitrogen and oxygen atoms in total. The highest BCUT2D eigenvalue weighted by Crippen LogP contribution is 2.19. The van der Waals surface area contributed by atoms with E-state index in [2.05, 4.69) is 24.1 Å². The molecule has 1 aromatic carbocycles. The van der Waals surface area contributed by atoms with Gasteiger partial charge in [0.15, 0.2) is 0 Å². The first kappa shape index (κ1) is 16.4. The Balaban J connectivity index is 2.64. The second-order valence-corrected chi connectivity index (χ2v) is 6.08. The highest BCUT2D eigenvalue weighted by Gasteiger charge is 2.14. The third-order valence-electron chi connectivity index (χ3n) is 2.97. The second kappa shape index (κ2) is 7.83. The van der Waals surface area contributed by atoms with Gasteiger partial charge in [0, 0.05) is 29.7 Å². The monoisotopic (exact) mass is 286 g/mol. The van der Waals surface area contributed by atoms with Gasteiger partial charge in [-0.1, -0.05) is 31.5 Å². The topological polar surface area (TPSA) is 15.3 Å². The molecule has 0 heterocycles. The van der Waals surface area contributed by atoms with E-state index in [1.807, 2.05) is 14.1 Å². The van der Waals surface area contributed by atoms with Crippen molar-refractivity contribution in [2.45, 2.75) is 32.9 Å². The van der Waals surface area contributed by atoms with Crippen LogP contribution >= 0.6 is 11.6 Å². The van der Waals surface area contributed by atoms with Crippen LogP contribution in [0.2, 0.25) is 5.02 Å². The third-order valence-corrected chi connectivity index (χ3v) is 3.32. The number of hydrogen-bond acceptors (Lipinski definition) is 2. The van der Waals surface area contributed by atoms with Crippen LogP contribution in [0.25, 0.3) is 0 Å². The van der Waals surface area contributed by atoms with Crippen molar-refractivity contribution in [3.63, 3.8) is 0 Å². The van der Waals surface area contributed by atoms with Crippen molar-refractivity contribution < 1.29 is 4.39 Å². The van der Waals surface area contributed by atoms with Gasteiger partial charge in [-0.3, -0.25) is 0 Å². The van der Waals surface area contributed by atoms with Gasteiger partial charge < -0.3 is 10.2 Å². The Bertz CT molecular complexity index is 363. The summed E-state index contributed by atoms with van der Waals surface area (Å²) in [5, 5.41) is 3.90. The number of nitrogens with one attached hydrogen (secondary N) is 1. The van der Waals surface area contributed by atoms with E-state index in [0.717, 1.165) is 13.0 Å². The Morgan fingerprint density at radius 3 is 2.53 bits per heavy atom. The van der Waals surface area contributed by atoms with Crippen molar-refractivity contribution in [1.29, 1.82) is 0 Å². The molecular formula is C15H24ClFN2. The van der Waals surface area contributed by atoms with E-state index in [0.29, 0.717) is 29.1 Å². The molecule has 1 aromatic rings. The predicted molar refractivity (Wildman–Crippen MR) is 80.0 cm³/mol. The van der Waals surface area contributed by atoms with Gasteiger partial charge in [-0.25, -0.2) is 4.39 Å². The average Bonchev–Trinajstić information content (AvgIpc) is 2.26. The number of benzene rings is 1. The lowest BCUT2D eigenvalue weighted by Crippen LogP contribution is -2.39. The first-order valence-electron chi connectivity index (χ1n) is 6.71. The molecule has 0 fully saturated rings. The highest BCUT2D eigenvalue weighted by molar-refractivity contribution is 6.31. The summed E-state index contributed by atoms with van der Waals surface area (Å²) in [6.07, 6.45) is 1.06. The maximum Gasteiger partial charge on any atom is 0.129 e. The van der Waals surface area contributed by atoms with E-state index in [1.165, 1.54) is 6.07 Å². The maximum atomic E-state index is 13.7. The molecule has 1 N–H and O–H groups in total. The van der Waals surface area contributed by atoms with Gasteiger partial charge in [0.2, 0.25) is 0 Å². The molecule has 4 heteroatoms. The maximum absolute atomic E-state index is 13.7. The lowest BCUT2D eigenvalue weighted by atomic mass is 10.0. The van der Waals surface area contributed by atoms with Crippen LogP contribution < -0.4 is 5.32 Å². The van der Waals surface area contributed by atoms with E-state index in [1.54, 1.807) is 12.1 Å². The molecular weight excluding hydrogens is 263 g/mol. The molecule has 0 saturated carbocycles. The summed E-state index contributed by atoms with van der Waals surface area (Å²) < 4.78 is 13.7. The smallest absolute Gasteiger partial charge is 0.129 e. The number of likely N-dealkylation sites (N-methyl/N-ethyl adjacent to an activating group) is 1. The number of halogens is 2. The van der Waals surface area contributed by atoms with Crippen molar-refractivity contribution >= 4 is 11.6 Å². The molecule has 1 atom stereocenters. The van der Waals surface area contributed by atoms with E-state index in [-0.39, 0.29) is 5.82 Å². The van der Waals surface area contributed by atoms with Crippen molar-refractivity contribution in [1.82, 2.24) is 10.2 Å². The highest BCUT2D eigenvalue weighted by atomic mass is 35.5. The van der Waals surface area contributed by atoms with E-state index >= 15 is 0 Å². The molecule has 1 unspecified atom stereocenters.